The highest BCUT2D eigenvalue weighted by Gasteiger charge is 2.34. The van der Waals surface area contributed by atoms with E-state index >= 15 is 0 Å². The highest BCUT2D eigenvalue weighted by molar-refractivity contribution is 5.97. The van der Waals surface area contributed by atoms with Crippen LogP contribution in [0.5, 0.6) is 0 Å². The molecule has 170 valence electrons. The molecular formula is C25H30FN3O3. The lowest BCUT2D eigenvalue weighted by Crippen LogP contribution is -2.55. The zero-order valence-corrected chi connectivity index (χ0v) is 18.5. The Labute approximate surface area is 188 Å². The molecule has 0 unspecified atom stereocenters. The molecule has 0 radical (unpaired) electrons. The van der Waals surface area contributed by atoms with E-state index in [0.29, 0.717) is 31.5 Å². The summed E-state index contributed by atoms with van der Waals surface area (Å²) < 4.78 is 14.0. The number of carbonyl (C=O) groups excluding carboxylic acids is 3. The number of halogens is 1. The van der Waals surface area contributed by atoms with Crippen LogP contribution in [0, 0.1) is 11.7 Å². The normalized spacial score (nSPS) is 16.2. The molecule has 0 aliphatic carbocycles. The first-order valence-corrected chi connectivity index (χ1v) is 11.1. The van der Waals surface area contributed by atoms with Crippen molar-refractivity contribution in [3.8, 4) is 0 Å². The van der Waals surface area contributed by atoms with Crippen LogP contribution in [0.25, 0.3) is 0 Å². The van der Waals surface area contributed by atoms with Crippen LogP contribution in [0.1, 0.15) is 53.8 Å². The van der Waals surface area contributed by atoms with Gasteiger partial charge in [-0.1, -0.05) is 37.3 Å². The second-order valence-corrected chi connectivity index (χ2v) is 8.24. The van der Waals surface area contributed by atoms with E-state index in [1.165, 1.54) is 12.1 Å². The van der Waals surface area contributed by atoms with Gasteiger partial charge >= 0.3 is 0 Å². The molecule has 1 aliphatic heterocycles. The van der Waals surface area contributed by atoms with Crippen molar-refractivity contribution in [1.29, 1.82) is 0 Å². The van der Waals surface area contributed by atoms with Gasteiger partial charge in [0, 0.05) is 24.7 Å². The van der Waals surface area contributed by atoms with E-state index in [1.807, 2.05) is 19.9 Å². The summed E-state index contributed by atoms with van der Waals surface area (Å²) in [6.45, 7) is 4.69. The molecule has 0 aromatic heterocycles. The standard InChI is InChI=1S/C25H30FN3O3/c1-3-17(2)27-24(31)22(28-23(30)19-9-5-4-6-10-19)18-13-15-29(16-14-18)25(32)20-11-7-8-12-21(20)26/h4-12,17-18,22H,3,13-16H2,1-2H3,(H,27,31)(H,28,30)/t17-,22-/m0/s1. The third-order valence-electron chi connectivity index (χ3n) is 6.01. The Morgan fingerprint density at radius 1 is 1.00 bits per heavy atom. The zero-order chi connectivity index (χ0) is 23.1. The summed E-state index contributed by atoms with van der Waals surface area (Å²) >= 11 is 0. The average molecular weight is 440 g/mol. The zero-order valence-electron chi connectivity index (χ0n) is 18.5. The quantitative estimate of drug-likeness (QED) is 0.694. The van der Waals surface area contributed by atoms with Crippen molar-refractivity contribution in [2.45, 2.75) is 45.2 Å². The highest BCUT2D eigenvalue weighted by atomic mass is 19.1. The van der Waals surface area contributed by atoms with Crippen LogP contribution in [0.15, 0.2) is 54.6 Å². The lowest BCUT2D eigenvalue weighted by molar-refractivity contribution is -0.125. The van der Waals surface area contributed by atoms with Crippen molar-refractivity contribution in [2.24, 2.45) is 5.92 Å². The van der Waals surface area contributed by atoms with E-state index in [1.54, 1.807) is 41.3 Å². The van der Waals surface area contributed by atoms with Crippen LogP contribution in [0.4, 0.5) is 4.39 Å². The minimum absolute atomic E-state index is 0.0126. The molecule has 0 spiro atoms. The number of hydrogen-bond donors (Lipinski definition) is 2. The summed E-state index contributed by atoms with van der Waals surface area (Å²) in [5.41, 5.74) is 0.537. The SMILES string of the molecule is CC[C@H](C)NC(=O)[C@@H](NC(=O)c1ccccc1)C1CCN(C(=O)c2ccccc2F)CC1. The summed E-state index contributed by atoms with van der Waals surface area (Å²) in [5, 5.41) is 5.87. The first-order valence-electron chi connectivity index (χ1n) is 11.1. The maximum absolute atomic E-state index is 14.0. The van der Waals surface area contributed by atoms with E-state index in [-0.39, 0.29) is 35.2 Å². The van der Waals surface area contributed by atoms with Crippen molar-refractivity contribution in [3.05, 3.63) is 71.5 Å². The third-order valence-corrected chi connectivity index (χ3v) is 6.01. The van der Waals surface area contributed by atoms with Crippen molar-refractivity contribution in [1.82, 2.24) is 15.5 Å². The molecule has 7 heteroatoms. The van der Waals surface area contributed by atoms with Crippen LogP contribution in [0.3, 0.4) is 0 Å². The number of hydrogen-bond acceptors (Lipinski definition) is 3. The topological polar surface area (TPSA) is 78.5 Å². The minimum Gasteiger partial charge on any atom is -0.352 e. The Hall–Kier alpha value is -3.22. The lowest BCUT2D eigenvalue weighted by Gasteiger charge is -2.36. The Kier molecular flexibility index (Phi) is 7.98. The first kappa shape index (κ1) is 23.4. The predicted octanol–water partition coefficient (Wildman–Crippen LogP) is 3.39. The van der Waals surface area contributed by atoms with E-state index in [9.17, 15) is 18.8 Å². The van der Waals surface area contributed by atoms with Gasteiger partial charge in [0.05, 0.1) is 5.56 Å². The van der Waals surface area contributed by atoms with Crippen LogP contribution in [0.2, 0.25) is 0 Å². The van der Waals surface area contributed by atoms with E-state index in [0.717, 1.165) is 6.42 Å². The largest absolute Gasteiger partial charge is 0.352 e. The Balaban J connectivity index is 1.70. The molecule has 1 fully saturated rings. The molecule has 1 saturated heterocycles. The fourth-order valence-electron chi connectivity index (χ4n) is 3.89. The fraction of sp³-hybridized carbons (Fsp3) is 0.400. The van der Waals surface area contributed by atoms with Crippen LogP contribution in [-0.4, -0.2) is 47.8 Å². The molecule has 0 saturated carbocycles. The van der Waals surface area contributed by atoms with Crippen LogP contribution in [-0.2, 0) is 4.79 Å². The summed E-state index contributed by atoms with van der Waals surface area (Å²) in [5.74, 6) is -1.55. The molecule has 2 atom stereocenters. The maximum Gasteiger partial charge on any atom is 0.256 e. The van der Waals surface area contributed by atoms with Gasteiger partial charge in [0.2, 0.25) is 5.91 Å². The minimum atomic E-state index is -0.706. The summed E-state index contributed by atoms with van der Waals surface area (Å²) in [7, 11) is 0. The van der Waals surface area contributed by atoms with E-state index in [2.05, 4.69) is 10.6 Å². The molecule has 32 heavy (non-hydrogen) atoms. The van der Waals surface area contributed by atoms with Crippen molar-refractivity contribution in [3.63, 3.8) is 0 Å². The molecular weight excluding hydrogens is 409 g/mol. The molecule has 1 aliphatic rings. The van der Waals surface area contributed by atoms with Gasteiger partial charge in [-0.2, -0.15) is 0 Å². The smallest absolute Gasteiger partial charge is 0.256 e. The number of nitrogens with zero attached hydrogens (tertiary/aromatic N) is 1. The van der Waals surface area contributed by atoms with Gasteiger partial charge in [-0.25, -0.2) is 4.39 Å². The molecule has 6 nitrogen and oxygen atoms in total. The molecule has 3 rings (SSSR count). The number of nitrogens with one attached hydrogen (secondary N) is 2. The monoisotopic (exact) mass is 439 g/mol. The predicted molar refractivity (Wildman–Crippen MR) is 121 cm³/mol. The number of rotatable bonds is 7. The number of amides is 3. The van der Waals surface area contributed by atoms with Gasteiger partial charge in [-0.15, -0.1) is 0 Å². The molecule has 3 amide bonds. The maximum atomic E-state index is 14.0. The Morgan fingerprint density at radius 3 is 2.25 bits per heavy atom. The average Bonchev–Trinajstić information content (AvgIpc) is 2.82. The van der Waals surface area contributed by atoms with Gasteiger partial charge in [-0.05, 0) is 56.4 Å². The van der Waals surface area contributed by atoms with Gasteiger partial charge in [0.25, 0.3) is 11.8 Å². The van der Waals surface area contributed by atoms with Gasteiger partial charge in [0.15, 0.2) is 0 Å². The molecule has 2 N–H and O–H groups in total. The van der Waals surface area contributed by atoms with Crippen LogP contribution < -0.4 is 10.6 Å². The Morgan fingerprint density at radius 2 is 1.62 bits per heavy atom. The lowest BCUT2D eigenvalue weighted by atomic mass is 9.88. The van der Waals surface area contributed by atoms with Crippen LogP contribution >= 0.6 is 0 Å². The first-order chi connectivity index (χ1) is 15.4. The molecule has 1 heterocycles. The van der Waals surface area contributed by atoms with Crippen molar-refractivity contribution in [2.75, 3.05) is 13.1 Å². The summed E-state index contributed by atoms with van der Waals surface area (Å²) in [6.07, 6.45) is 1.85. The molecule has 2 aromatic rings. The van der Waals surface area contributed by atoms with E-state index < -0.39 is 11.9 Å². The highest BCUT2D eigenvalue weighted by Crippen LogP contribution is 2.24. The van der Waals surface area contributed by atoms with Crippen molar-refractivity contribution < 1.29 is 18.8 Å². The Bertz CT molecular complexity index is 942. The molecule has 2 aromatic carbocycles. The summed E-state index contributed by atoms with van der Waals surface area (Å²) in [4.78, 5) is 40.1. The number of piperidine rings is 1. The van der Waals surface area contributed by atoms with Gasteiger partial charge in [-0.3, -0.25) is 14.4 Å². The number of benzene rings is 2. The third kappa shape index (κ3) is 5.72. The second-order valence-electron chi connectivity index (χ2n) is 8.24. The number of likely N-dealkylation sites (tertiary alicyclic amines) is 1. The molecule has 0 bridgehead atoms. The second kappa shape index (κ2) is 10.9. The number of carbonyl (C=O) groups is 3. The van der Waals surface area contributed by atoms with Gasteiger partial charge in [0.1, 0.15) is 11.9 Å². The fourth-order valence-corrected chi connectivity index (χ4v) is 3.89. The van der Waals surface area contributed by atoms with E-state index in [4.69, 9.17) is 0 Å². The van der Waals surface area contributed by atoms with Gasteiger partial charge < -0.3 is 15.5 Å². The summed E-state index contributed by atoms with van der Waals surface area (Å²) in [6, 6.07) is 14.0. The van der Waals surface area contributed by atoms with Crippen molar-refractivity contribution >= 4 is 17.7 Å².